The molecule has 0 aliphatic carbocycles. The summed E-state index contributed by atoms with van der Waals surface area (Å²) in [5.74, 6) is 1.29. The Morgan fingerprint density at radius 1 is 1.25 bits per heavy atom. The van der Waals surface area contributed by atoms with E-state index in [0.29, 0.717) is 23.5 Å². The zero-order valence-electron chi connectivity index (χ0n) is 18.3. The number of H-pyrrole nitrogens is 1. The molecule has 4 heterocycles. The summed E-state index contributed by atoms with van der Waals surface area (Å²) in [4.78, 5) is 31.3. The Balaban J connectivity index is 1.40. The first kappa shape index (κ1) is 20.7. The van der Waals surface area contributed by atoms with Gasteiger partial charge in [-0.15, -0.1) is 0 Å². The third-order valence-corrected chi connectivity index (χ3v) is 6.26. The van der Waals surface area contributed by atoms with Gasteiger partial charge in [-0.1, -0.05) is 19.1 Å². The predicted octanol–water partition coefficient (Wildman–Crippen LogP) is 1.84. The number of nitrogens with one attached hydrogen (secondary N) is 2. The van der Waals surface area contributed by atoms with Gasteiger partial charge in [-0.25, -0.2) is 19.7 Å². The highest BCUT2D eigenvalue weighted by Crippen LogP contribution is 2.30. The average molecular weight is 437 g/mol. The van der Waals surface area contributed by atoms with E-state index >= 15 is 0 Å². The van der Waals surface area contributed by atoms with Crippen LogP contribution in [0.3, 0.4) is 0 Å². The summed E-state index contributed by atoms with van der Waals surface area (Å²) in [7, 11) is 1.86. The van der Waals surface area contributed by atoms with E-state index in [1.54, 1.807) is 6.33 Å². The molecule has 10 heteroatoms. The molecule has 1 unspecified atom stereocenters. The Bertz CT molecular complexity index is 1300. The Morgan fingerprint density at radius 2 is 2.03 bits per heavy atom. The minimum Gasteiger partial charge on any atom is -0.371 e. The van der Waals surface area contributed by atoms with Gasteiger partial charge in [0, 0.05) is 26.2 Å². The molecule has 1 aliphatic rings. The van der Waals surface area contributed by atoms with Crippen LogP contribution in [0.1, 0.15) is 44.3 Å². The summed E-state index contributed by atoms with van der Waals surface area (Å²) in [5.41, 5.74) is 3.14. The summed E-state index contributed by atoms with van der Waals surface area (Å²) in [6.07, 6.45) is 3.26. The molecule has 0 spiro atoms. The summed E-state index contributed by atoms with van der Waals surface area (Å²) in [6.45, 7) is 4.26. The summed E-state index contributed by atoms with van der Waals surface area (Å²) in [6, 6.07) is 7.94. The molecule has 3 N–H and O–H groups in total. The van der Waals surface area contributed by atoms with Crippen LogP contribution < -0.4 is 15.9 Å². The molecule has 0 amide bonds. The van der Waals surface area contributed by atoms with Crippen molar-refractivity contribution >= 4 is 28.0 Å². The molecule has 5 rings (SSSR count). The quantitative estimate of drug-likeness (QED) is 0.395. The largest absolute Gasteiger partial charge is 0.371 e. The van der Waals surface area contributed by atoms with E-state index in [-0.39, 0.29) is 11.7 Å². The SMILES string of the molecule is CCCNC(O)c1nc2c(N3CCC(n4c(=O)[nH]c5ccccc54)CC3)ncnc2n1C. The summed E-state index contributed by atoms with van der Waals surface area (Å²) >= 11 is 0. The fraction of sp³-hybridized carbons (Fsp3) is 0.455. The van der Waals surface area contributed by atoms with Crippen molar-refractivity contribution in [3.63, 3.8) is 0 Å². The molecule has 1 fully saturated rings. The van der Waals surface area contributed by atoms with Gasteiger partial charge >= 0.3 is 5.69 Å². The number of hydrogen-bond donors (Lipinski definition) is 3. The van der Waals surface area contributed by atoms with Gasteiger partial charge < -0.3 is 19.6 Å². The molecule has 1 aromatic carbocycles. The third kappa shape index (κ3) is 3.45. The van der Waals surface area contributed by atoms with Gasteiger partial charge in [-0.05, 0) is 37.9 Å². The highest BCUT2D eigenvalue weighted by Gasteiger charge is 2.27. The van der Waals surface area contributed by atoms with Gasteiger partial charge in [0.2, 0.25) is 0 Å². The second kappa shape index (κ2) is 8.36. The fourth-order valence-corrected chi connectivity index (χ4v) is 4.62. The van der Waals surface area contributed by atoms with Crippen LogP contribution in [-0.2, 0) is 7.05 Å². The average Bonchev–Trinajstić information content (AvgIpc) is 3.34. The van der Waals surface area contributed by atoms with Crippen LogP contribution in [0.4, 0.5) is 5.82 Å². The van der Waals surface area contributed by atoms with Crippen molar-refractivity contribution in [1.29, 1.82) is 0 Å². The smallest absolute Gasteiger partial charge is 0.326 e. The topological polar surface area (TPSA) is 117 Å². The number of fused-ring (bicyclic) bond motifs is 2. The molecule has 0 bridgehead atoms. The number of benzene rings is 1. The monoisotopic (exact) mass is 436 g/mol. The fourth-order valence-electron chi connectivity index (χ4n) is 4.62. The van der Waals surface area contributed by atoms with Crippen molar-refractivity contribution in [2.45, 2.75) is 38.5 Å². The van der Waals surface area contributed by atoms with E-state index < -0.39 is 6.23 Å². The second-order valence-corrected chi connectivity index (χ2v) is 8.29. The lowest BCUT2D eigenvalue weighted by Crippen LogP contribution is -2.37. The number of aromatic nitrogens is 6. The standard InChI is InChI=1S/C22H28N8O2/c1-3-10-23-21(31)20-27-17-18(28(20)2)24-13-25-19(17)29-11-8-14(9-12-29)30-16-7-5-4-6-15(16)26-22(30)32/h4-7,13-14,21,23,31H,3,8-12H2,1-2H3,(H,26,32). The molecular formula is C22H28N8O2. The number of para-hydroxylation sites is 2. The molecular weight excluding hydrogens is 408 g/mol. The number of aryl methyl sites for hydroxylation is 1. The van der Waals surface area contributed by atoms with Crippen molar-refractivity contribution in [2.24, 2.45) is 7.05 Å². The highest BCUT2D eigenvalue weighted by molar-refractivity contribution is 5.84. The van der Waals surface area contributed by atoms with Gasteiger partial charge in [0.05, 0.1) is 11.0 Å². The second-order valence-electron chi connectivity index (χ2n) is 8.29. The van der Waals surface area contributed by atoms with Gasteiger partial charge in [-0.3, -0.25) is 9.88 Å². The van der Waals surface area contributed by atoms with Crippen LogP contribution in [0.2, 0.25) is 0 Å². The number of imidazole rings is 2. The number of aliphatic hydroxyl groups excluding tert-OH is 1. The molecule has 10 nitrogen and oxygen atoms in total. The van der Waals surface area contributed by atoms with Crippen molar-refractivity contribution in [3.05, 3.63) is 46.9 Å². The minimum atomic E-state index is -0.860. The Kier molecular flexibility index (Phi) is 5.40. The first-order valence-corrected chi connectivity index (χ1v) is 11.1. The predicted molar refractivity (Wildman–Crippen MR) is 123 cm³/mol. The third-order valence-electron chi connectivity index (χ3n) is 6.26. The van der Waals surface area contributed by atoms with Crippen molar-refractivity contribution < 1.29 is 5.11 Å². The molecule has 4 aromatic rings. The maximum absolute atomic E-state index is 12.6. The first-order valence-electron chi connectivity index (χ1n) is 11.1. The van der Waals surface area contributed by atoms with Crippen LogP contribution in [0.5, 0.6) is 0 Å². The number of anilines is 1. The maximum atomic E-state index is 12.6. The molecule has 0 radical (unpaired) electrons. The molecule has 1 saturated heterocycles. The first-order chi connectivity index (χ1) is 15.6. The van der Waals surface area contributed by atoms with E-state index in [1.165, 1.54) is 0 Å². The molecule has 1 aliphatic heterocycles. The van der Waals surface area contributed by atoms with E-state index in [2.05, 4.69) is 30.2 Å². The van der Waals surface area contributed by atoms with Gasteiger partial charge in [0.15, 0.2) is 29.0 Å². The van der Waals surface area contributed by atoms with Crippen LogP contribution in [0.15, 0.2) is 35.4 Å². The molecule has 0 saturated carbocycles. The number of piperidine rings is 1. The van der Waals surface area contributed by atoms with E-state index in [9.17, 15) is 9.90 Å². The van der Waals surface area contributed by atoms with Gasteiger partial charge in [0.1, 0.15) is 6.33 Å². The number of aliphatic hydroxyl groups is 1. The Labute approximate surface area is 184 Å². The maximum Gasteiger partial charge on any atom is 0.326 e. The zero-order valence-corrected chi connectivity index (χ0v) is 18.3. The molecule has 32 heavy (non-hydrogen) atoms. The summed E-state index contributed by atoms with van der Waals surface area (Å²) < 4.78 is 3.70. The lowest BCUT2D eigenvalue weighted by atomic mass is 10.0. The number of hydrogen-bond acceptors (Lipinski definition) is 7. The van der Waals surface area contributed by atoms with Crippen LogP contribution in [-0.4, -0.2) is 53.8 Å². The molecule has 1 atom stereocenters. The van der Waals surface area contributed by atoms with Crippen molar-refractivity contribution in [3.8, 4) is 0 Å². The number of rotatable bonds is 6. The molecule has 3 aromatic heterocycles. The van der Waals surface area contributed by atoms with E-state index in [0.717, 1.165) is 49.2 Å². The van der Waals surface area contributed by atoms with Gasteiger partial charge in [-0.2, -0.15) is 0 Å². The zero-order chi connectivity index (χ0) is 22.2. The Morgan fingerprint density at radius 3 is 2.81 bits per heavy atom. The van der Waals surface area contributed by atoms with Crippen molar-refractivity contribution in [2.75, 3.05) is 24.5 Å². The number of nitrogens with zero attached hydrogens (tertiary/aromatic N) is 6. The van der Waals surface area contributed by atoms with Crippen LogP contribution in [0, 0.1) is 0 Å². The van der Waals surface area contributed by atoms with Gasteiger partial charge in [0.25, 0.3) is 0 Å². The lowest BCUT2D eigenvalue weighted by Gasteiger charge is -2.33. The van der Waals surface area contributed by atoms with E-state index in [1.807, 2.05) is 47.4 Å². The normalized spacial score (nSPS) is 16.3. The lowest BCUT2D eigenvalue weighted by molar-refractivity contribution is 0.127. The minimum absolute atomic E-state index is 0.0583. The van der Waals surface area contributed by atoms with Crippen molar-refractivity contribution in [1.82, 2.24) is 34.4 Å². The number of aromatic amines is 1. The van der Waals surface area contributed by atoms with Crippen LogP contribution in [0.25, 0.3) is 22.2 Å². The van der Waals surface area contributed by atoms with Crippen LogP contribution >= 0.6 is 0 Å². The van der Waals surface area contributed by atoms with E-state index in [4.69, 9.17) is 0 Å². The highest BCUT2D eigenvalue weighted by atomic mass is 16.3. The summed E-state index contributed by atoms with van der Waals surface area (Å²) in [5, 5.41) is 13.6. The molecule has 168 valence electrons. The Hall–Kier alpha value is -3.24.